The molecule has 0 unspecified atom stereocenters. The summed E-state index contributed by atoms with van der Waals surface area (Å²) >= 11 is 0. The Hall–Kier alpha value is -4.38. The van der Waals surface area contributed by atoms with Crippen molar-refractivity contribution in [2.45, 2.75) is 44.7 Å². The average Bonchev–Trinajstić information content (AvgIpc) is 3.55. The Labute approximate surface area is 214 Å². The normalized spacial score (nSPS) is 14.4. The number of amides is 1. The van der Waals surface area contributed by atoms with Crippen molar-refractivity contribution in [2.24, 2.45) is 5.10 Å². The highest BCUT2D eigenvalue weighted by molar-refractivity contribution is 5.94. The van der Waals surface area contributed by atoms with Gasteiger partial charge >= 0.3 is 0 Å². The van der Waals surface area contributed by atoms with Gasteiger partial charge in [-0.1, -0.05) is 79.1 Å². The van der Waals surface area contributed by atoms with Crippen LogP contribution in [0, 0.1) is 0 Å². The number of carbonyl (C=O) groups excluding carboxylic acids is 1. The fourth-order valence-corrected chi connectivity index (χ4v) is 4.63. The molecule has 190 valence electrons. The van der Waals surface area contributed by atoms with Crippen molar-refractivity contribution in [1.82, 2.24) is 35.6 Å². The number of anilines is 1. The van der Waals surface area contributed by atoms with Crippen molar-refractivity contribution in [3.05, 3.63) is 71.5 Å². The molecule has 37 heavy (non-hydrogen) atoms. The van der Waals surface area contributed by atoms with Gasteiger partial charge in [0.15, 0.2) is 5.69 Å². The van der Waals surface area contributed by atoms with E-state index >= 15 is 0 Å². The summed E-state index contributed by atoms with van der Waals surface area (Å²) < 4.78 is 6.15. The van der Waals surface area contributed by atoms with Crippen LogP contribution in [0.25, 0.3) is 16.9 Å². The molecule has 1 aliphatic carbocycles. The second-order valence-electron chi connectivity index (χ2n) is 9.16. The highest BCUT2D eigenvalue weighted by Gasteiger charge is 2.27. The van der Waals surface area contributed by atoms with Crippen LogP contribution in [0.5, 0.6) is 0 Å². The number of hydrogen-bond acceptors (Lipinski definition) is 9. The Morgan fingerprint density at radius 1 is 1.11 bits per heavy atom. The van der Waals surface area contributed by atoms with Crippen LogP contribution in [0.2, 0.25) is 0 Å². The van der Waals surface area contributed by atoms with Crippen LogP contribution in [-0.2, 0) is 6.54 Å². The zero-order valence-corrected chi connectivity index (χ0v) is 20.6. The third-order valence-electron chi connectivity index (χ3n) is 6.67. The molecule has 0 saturated heterocycles. The lowest BCUT2D eigenvalue weighted by molar-refractivity contribution is 0.0947. The highest BCUT2D eigenvalue weighted by atomic mass is 16.6. The predicted molar refractivity (Wildman–Crippen MR) is 139 cm³/mol. The molecule has 5 rings (SSSR count). The maximum atomic E-state index is 13.1. The summed E-state index contributed by atoms with van der Waals surface area (Å²) in [5.74, 6) is -0.221. The first-order chi connectivity index (χ1) is 18.1. The molecule has 11 heteroatoms. The van der Waals surface area contributed by atoms with Gasteiger partial charge in [0, 0.05) is 12.6 Å². The molecule has 4 aromatic rings. The minimum Gasteiger partial charge on any atom is -0.378 e. The minimum atomic E-state index is -0.481. The number of nitrogen functional groups attached to an aromatic ring is 1. The van der Waals surface area contributed by atoms with E-state index in [2.05, 4.69) is 48.2 Å². The Balaban J connectivity index is 1.32. The summed E-state index contributed by atoms with van der Waals surface area (Å²) in [6.07, 6.45) is 7.46. The Bertz CT molecular complexity index is 1360. The van der Waals surface area contributed by atoms with E-state index in [0.717, 1.165) is 29.5 Å². The molecule has 0 atom stereocenters. The van der Waals surface area contributed by atoms with Crippen LogP contribution in [0.1, 0.15) is 53.8 Å². The zero-order chi connectivity index (χ0) is 25.6. The zero-order valence-electron chi connectivity index (χ0n) is 20.6. The van der Waals surface area contributed by atoms with Gasteiger partial charge in [0.25, 0.3) is 5.91 Å². The molecule has 11 nitrogen and oxygen atoms in total. The largest absolute Gasteiger partial charge is 0.378 e. The standard InChI is InChI=1S/C26H29N9O2/c1-34(21-10-6-3-7-11-21)17-22-23(29-33-35(22)25-24(27)31-37-32-25)26(36)30-28-16-18-12-14-20(15-13-18)19-8-4-2-5-9-19/h2,4-5,8-9,12-16,21H,3,6-7,10-11,17H2,1H3,(H2,27,31)(H,30,36)/b28-16-. The molecule has 0 spiro atoms. The van der Waals surface area contributed by atoms with Gasteiger partial charge in [0.2, 0.25) is 11.6 Å². The fraction of sp³-hybridized carbons (Fsp3) is 0.308. The van der Waals surface area contributed by atoms with Gasteiger partial charge in [-0.2, -0.15) is 9.78 Å². The first-order valence-corrected chi connectivity index (χ1v) is 12.3. The molecule has 2 aromatic carbocycles. The number of hydrazone groups is 1. The number of rotatable bonds is 8. The van der Waals surface area contributed by atoms with Crippen molar-refractivity contribution < 1.29 is 9.42 Å². The monoisotopic (exact) mass is 499 g/mol. The molecule has 1 saturated carbocycles. The molecule has 2 aromatic heterocycles. The van der Waals surface area contributed by atoms with E-state index in [1.165, 1.54) is 23.9 Å². The predicted octanol–water partition coefficient (Wildman–Crippen LogP) is 3.43. The Morgan fingerprint density at radius 2 is 1.84 bits per heavy atom. The van der Waals surface area contributed by atoms with Crippen LogP contribution < -0.4 is 11.2 Å². The number of nitrogens with two attached hydrogens (primary N) is 1. The van der Waals surface area contributed by atoms with Crippen molar-refractivity contribution in [3.63, 3.8) is 0 Å². The minimum absolute atomic E-state index is 0.0652. The molecule has 1 aliphatic rings. The Kier molecular flexibility index (Phi) is 7.31. The fourth-order valence-electron chi connectivity index (χ4n) is 4.63. The highest BCUT2D eigenvalue weighted by Crippen LogP contribution is 2.25. The third-order valence-corrected chi connectivity index (χ3v) is 6.67. The average molecular weight is 500 g/mol. The van der Waals surface area contributed by atoms with E-state index < -0.39 is 5.91 Å². The number of nitrogens with one attached hydrogen (secondary N) is 1. The maximum absolute atomic E-state index is 13.1. The SMILES string of the molecule is CN(Cc1c(C(=O)N/N=C\c2ccc(-c3ccccc3)cc2)nnn1-c1nonc1N)C1CCCCC1. The number of benzene rings is 2. The second-order valence-corrected chi connectivity index (χ2v) is 9.16. The van der Waals surface area contributed by atoms with Crippen molar-refractivity contribution in [1.29, 1.82) is 0 Å². The van der Waals surface area contributed by atoms with E-state index in [1.807, 2.05) is 49.5 Å². The molecule has 0 bridgehead atoms. The quantitative estimate of drug-likeness (QED) is 0.278. The summed E-state index contributed by atoms with van der Waals surface area (Å²) in [5, 5.41) is 19.9. The number of aromatic nitrogens is 5. The van der Waals surface area contributed by atoms with E-state index in [1.54, 1.807) is 6.21 Å². The number of carbonyl (C=O) groups is 1. The van der Waals surface area contributed by atoms with Crippen LogP contribution >= 0.6 is 0 Å². The lowest BCUT2D eigenvalue weighted by Gasteiger charge is -2.31. The second kappa shape index (κ2) is 11.1. The van der Waals surface area contributed by atoms with E-state index in [4.69, 9.17) is 10.4 Å². The lowest BCUT2D eigenvalue weighted by Crippen LogP contribution is -2.34. The molecule has 3 N–H and O–H groups in total. The van der Waals surface area contributed by atoms with Gasteiger partial charge in [-0.05, 0) is 46.9 Å². The molecular weight excluding hydrogens is 470 g/mol. The van der Waals surface area contributed by atoms with Crippen molar-refractivity contribution in [2.75, 3.05) is 12.8 Å². The van der Waals surface area contributed by atoms with Crippen LogP contribution in [0.15, 0.2) is 64.3 Å². The van der Waals surface area contributed by atoms with E-state index in [0.29, 0.717) is 18.3 Å². The summed E-state index contributed by atoms with van der Waals surface area (Å²) in [6, 6.07) is 18.4. The van der Waals surface area contributed by atoms with E-state index in [-0.39, 0.29) is 17.3 Å². The van der Waals surface area contributed by atoms with Gasteiger partial charge in [0.05, 0.1) is 11.9 Å². The van der Waals surface area contributed by atoms with Gasteiger partial charge in [-0.3, -0.25) is 9.69 Å². The van der Waals surface area contributed by atoms with Gasteiger partial charge in [0.1, 0.15) is 0 Å². The topological polar surface area (TPSA) is 140 Å². The molecule has 1 fully saturated rings. The van der Waals surface area contributed by atoms with Crippen molar-refractivity contribution in [3.8, 4) is 16.9 Å². The first-order valence-electron chi connectivity index (χ1n) is 12.3. The molecule has 1 amide bonds. The van der Waals surface area contributed by atoms with E-state index in [9.17, 15) is 4.79 Å². The summed E-state index contributed by atoms with van der Waals surface area (Å²) in [5.41, 5.74) is 12.2. The molecular formula is C26H29N9O2. The Morgan fingerprint density at radius 3 is 2.54 bits per heavy atom. The smallest absolute Gasteiger partial charge is 0.293 e. The summed E-state index contributed by atoms with van der Waals surface area (Å²) in [6.45, 7) is 0.428. The van der Waals surface area contributed by atoms with Gasteiger partial charge < -0.3 is 5.73 Å². The third kappa shape index (κ3) is 5.56. The number of hydrogen-bond donors (Lipinski definition) is 2. The molecule has 0 radical (unpaired) electrons. The van der Waals surface area contributed by atoms with Gasteiger partial charge in [-0.25, -0.2) is 10.1 Å². The lowest BCUT2D eigenvalue weighted by atomic mass is 9.94. The number of nitrogens with zero attached hydrogens (tertiary/aromatic N) is 7. The summed E-state index contributed by atoms with van der Waals surface area (Å²) in [7, 11) is 2.04. The van der Waals surface area contributed by atoms with Gasteiger partial charge in [-0.15, -0.1) is 5.10 Å². The van der Waals surface area contributed by atoms with Crippen molar-refractivity contribution >= 4 is 17.9 Å². The van der Waals surface area contributed by atoms with Crippen LogP contribution in [0.4, 0.5) is 5.82 Å². The van der Waals surface area contributed by atoms with Crippen LogP contribution in [-0.4, -0.2) is 55.4 Å². The molecule has 0 aliphatic heterocycles. The summed E-state index contributed by atoms with van der Waals surface area (Å²) in [4.78, 5) is 15.3. The maximum Gasteiger partial charge on any atom is 0.293 e. The molecule has 2 heterocycles. The van der Waals surface area contributed by atoms with Crippen LogP contribution in [0.3, 0.4) is 0 Å². The first kappa shape index (κ1) is 24.3.